The van der Waals surface area contributed by atoms with E-state index < -0.39 is 4.92 Å². The molecule has 0 fully saturated rings. The smallest absolute Gasteiger partial charge is 0.273 e. The maximum absolute atomic E-state index is 10.6. The highest BCUT2D eigenvalue weighted by Gasteiger charge is 2.09. The highest BCUT2D eigenvalue weighted by Crippen LogP contribution is 2.23. The topological polar surface area (TPSA) is 96.5 Å². The van der Waals surface area contributed by atoms with Gasteiger partial charge in [-0.25, -0.2) is 5.01 Å². The Kier molecular flexibility index (Phi) is 3.42. The molecule has 1 aromatic carbocycles. The third-order valence-corrected chi connectivity index (χ3v) is 1.65. The molecule has 0 amide bonds. The molecule has 0 bridgehead atoms. The van der Waals surface area contributed by atoms with E-state index in [0.29, 0.717) is 11.4 Å². The minimum absolute atomic E-state index is 0.0187. The van der Waals surface area contributed by atoms with E-state index in [1.54, 1.807) is 25.2 Å². The third kappa shape index (κ3) is 3.08. The Balaban J connectivity index is 3.05. The molecule has 0 saturated heterocycles. The number of nitrogens with one attached hydrogen (secondary N) is 2. The molecule has 7 nitrogen and oxygen atoms in total. The van der Waals surface area contributed by atoms with Gasteiger partial charge in [-0.3, -0.25) is 16.0 Å². The zero-order chi connectivity index (χ0) is 11.4. The van der Waals surface area contributed by atoms with Crippen molar-refractivity contribution in [2.75, 3.05) is 24.9 Å². The summed E-state index contributed by atoms with van der Waals surface area (Å²) in [5.74, 6) is 5.20. The van der Waals surface area contributed by atoms with E-state index >= 15 is 0 Å². The van der Waals surface area contributed by atoms with Crippen molar-refractivity contribution in [1.82, 2.24) is 5.01 Å². The molecule has 4 N–H and O–H groups in total. The quantitative estimate of drug-likeness (QED) is 0.386. The van der Waals surface area contributed by atoms with Gasteiger partial charge in [-0.1, -0.05) is 0 Å². The van der Waals surface area contributed by atoms with Gasteiger partial charge in [0.05, 0.1) is 16.3 Å². The molecule has 0 aliphatic carbocycles. The fourth-order valence-electron chi connectivity index (χ4n) is 1.12. The van der Waals surface area contributed by atoms with Crippen LogP contribution in [-0.4, -0.2) is 24.0 Å². The van der Waals surface area contributed by atoms with Crippen molar-refractivity contribution in [2.45, 2.75) is 0 Å². The average molecular weight is 211 g/mol. The Bertz CT molecular complexity index is 366. The van der Waals surface area contributed by atoms with Gasteiger partial charge in [-0.2, -0.15) is 0 Å². The standard InChI is InChI=1S/C8H13N5O2/c1-12(2)11-7-3-6(10-9)4-8(5-7)13(14)15/h3-5,10-11H,9H2,1-2H3. The second kappa shape index (κ2) is 4.58. The first kappa shape index (κ1) is 11.2. The first-order chi connectivity index (χ1) is 7.02. The van der Waals surface area contributed by atoms with E-state index in [1.165, 1.54) is 12.1 Å². The molecule has 1 rings (SSSR count). The number of nitrogens with two attached hydrogens (primary N) is 1. The van der Waals surface area contributed by atoms with Crippen LogP contribution in [0.5, 0.6) is 0 Å². The van der Waals surface area contributed by atoms with Gasteiger partial charge in [0, 0.05) is 26.2 Å². The number of anilines is 2. The molecule has 15 heavy (non-hydrogen) atoms. The number of non-ortho nitro benzene ring substituents is 1. The molecule has 1 aromatic rings. The number of benzene rings is 1. The molecule has 0 spiro atoms. The molecule has 7 heteroatoms. The van der Waals surface area contributed by atoms with Crippen molar-refractivity contribution < 1.29 is 4.92 Å². The van der Waals surface area contributed by atoms with Gasteiger partial charge in [0.15, 0.2) is 0 Å². The Morgan fingerprint density at radius 2 is 1.93 bits per heavy atom. The van der Waals surface area contributed by atoms with Crippen LogP contribution in [0.25, 0.3) is 0 Å². The lowest BCUT2D eigenvalue weighted by Gasteiger charge is -2.14. The van der Waals surface area contributed by atoms with Gasteiger partial charge in [0.1, 0.15) is 0 Å². The number of hydrazine groups is 2. The second-order valence-electron chi connectivity index (χ2n) is 3.18. The second-order valence-corrected chi connectivity index (χ2v) is 3.18. The summed E-state index contributed by atoms with van der Waals surface area (Å²) in [6.07, 6.45) is 0. The monoisotopic (exact) mass is 211 g/mol. The first-order valence-electron chi connectivity index (χ1n) is 4.23. The van der Waals surface area contributed by atoms with Gasteiger partial charge in [0.2, 0.25) is 0 Å². The van der Waals surface area contributed by atoms with Crippen LogP contribution in [0.15, 0.2) is 18.2 Å². The summed E-state index contributed by atoms with van der Waals surface area (Å²) in [6.45, 7) is 0. The predicted molar refractivity (Wildman–Crippen MR) is 58.2 cm³/mol. The molecule has 82 valence electrons. The molecule has 0 aliphatic rings. The number of nitrogens with zero attached hydrogens (tertiary/aromatic N) is 2. The van der Waals surface area contributed by atoms with Crippen molar-refractivity contribution in [3.8, 4) is 0 Å². The summed E-state index contributed by atoms with van der Waals surface area (Å²) < 4.78 is 0. The number of nitrogen functional groups attached to an aromatic ring is 1. The molecule has 0 aliphatic heterocycles. The van der Waals surface area contributed by atoms with E-state index in [1.807, 2.05) is 0 Å². The van der Waals surface area contributed by atoms with E-state index in [2.05, 4.69) is 10.9 Å². The number of hydrogen-bond donors (Lipinski definition) is 3. The molecule has 0 heterocycles. The van der Waals surface area contributed by atoms with Crippen LogP contribution in [0.4, 0.5) is 17.1 Å². The Morgan fingerprint density at radius 3 is 2.40 bits per heavy atom. The van der Waals surface area contributed by atoms with Gasteiger partial charge in [0.25, 0.3) is 5.69 Å². The Labute approximate surface area is 87.0 Å². The van der Waals surface area contributed by atoms with E-state index in [-0.39, 0.29) is 5.69 Å². The summed E-state index contributed by atoms with van der Waals surface area (Å²) >= 11 is 0. The lowest BCUT2D eigenvalue weighted by molar-refractivity contribution is -0.384. The van der Waals surface area contributed by atoms with Crippen LogP contribution in [0.2, 0.25) is 0 Å². The zero-order valence-electron chi connectivity index (χ0n) is 8.52. The normalized spacial score (nSPS) is 10.1. The van der Waals surface area contributed by atoms with E-state index in [9.17, 15) is 10.1 Å². The van der Waals surface area contributed by atoms with Gasteiger partial charge >= 0.3 is 0 Å². The summed E-state index contributed by atoms with van der Waals surface area (Å²) in [6, 6.07) is 4.47. The molecule has 0 radical (unpaired) electrons. The molecule has 0 atom stereocenters. The fraction of sp³-hybridized carbons (Fsp3) is 0.250. The van der Waals surface area contributed by atoms with Gasteiger partial charge in [-0.05, 0) is 6.07 Å². The van der Waals surface area contributed by atoms with Crippen LogP contribution >= 0.6 is 0 Å². The average Bonchev–Trinajstić information content (AvgIpc) is 2.16. The lowest BCUT2D eigenvalue weighted by atomic mass is 10.2. The number of rotatable bonds is 4. The highest BCUT2D eigenvalue weighted by molar-refractivity contribution is 5.62. The van der Waals surface area contributed by atoms with Crippen LogP contribution in [0, 0.1) is 10.1 Å². The molecule has 0 aromatic heterocycles. The van der Waals surface area contributed by atoms with Crippen molar-refractivity contribution in [1.29, 1.82) is 0 Å². The minimum atomic E-state index is -0.471. The van der Waals surface area contributed by atoms with Crippen molar-refractivity contribution in [3.05, 3.63) is 28.3 Å². The summed E-state index contributed by atoms with van der Waals surface area (Å²) in [5, 5.41) is 12.3. The van der Waals surface area contributed by atoms with Crippen molar-refractivity contribution in [2.24, 2.45) is 5.84 Å². The SMILES string of the molecule is CN(C)Nc1cc(NN)cc([N+](=O)[O-])c1. The van der Waals surface area contributed by atoms with Crippen LogP contribution in [-0.2, 0) is 0 Å². The lowest BCUT2D eigenvalue weighted by Crippen LogP contribution is -2.19. The summed E-state index contributed by atoms with van der Waals surface area (Å²) in [4.78, 5) is 10.1. The number of nitro benzene ring substituents is 1. The highest BCUT2D eigenvalue weighted by atomic mass is 16.6. The Hall–Kier alpha value is -1.86. The molecular weight excluding hydrogens is 198 g/mol. The maximum Gasteiger partial charge on any atom is 0.273 e. The first-order valence-corrected chi connectivity index (χ1v) is 4.23. The molecule has 0 saturated carbocycles. The van der Waals surface area contributed by atoms with Gasteiger partial charge < -0.3 is 10.9 Å². The minimum Gasteiger partial charge on any atom is -0.324 e. The van der Waals surface area contributed by atoms with Crippen LogP contribution < -0.4 is 16.7 Å². The largest absolute Gasteiger partial charge is 0.324 e. The third-order valence-electron chi connectivity index (χ3n) is 1.65. The van der Waals surface area contributed by atoms with E-state index in [0.717, 1.165) is 0 Å². The van der Waals surface area contributed by atoms with Crippen LogP contribution in [0.1, 0.15) is 0 Å². The molecular formula is C8H13N5O2. The van der Waals surface area contributed by atoms with E-state index in [4.69, 9.17) is 5.84 Å². The van der Waals surface area contributed by atoms with Crippen molar-refractivity contribution in [3.63, 3.8) is 0 Å². The summed E-state index contributed by atoms with van der Waals surface area (Å²) in [7, 11) is 3.57. The Morgan fingerprint density at radius 1 is 1.33 bits per heavy atom. The number of nitro groups is 1. The molecule has 0 unspecified atom stereocenters. The van der Waals surface area contributed by atoms with Crippen LogP contribution in [0.3, 0.4) is 0 Å². The number of hydrogen-bond acceptors (Lipinski definition) is 6. The van der Waals surface area contributed by atoms with Crippen molar-refractivity contribution >= 4 is 17.1 Å². The fourth-order valence-corrected chi connectivity index (χ4v) is 1.12. The van der Waals surface area contributed by atoms with Gasteiger partial charge in [-0.15, -0.1) is 0 Å². The summed E-state index contributed by atoms with van der Waals surface area (Å²) in [5.41, 5.74) is 6.34. The maximum atomic E-state index is 10.6. The predicted octanol–water partition coefficient (Wildman–Crippen LogP) is 0.769. The zero-order valence-corrected chi connectivity index (χ0v) is 8.52.